The Kier molecular flexibility index (Phi) is 5.85. The molecule has 0 saturated carbocycles. The zero-order chi connectivity index (χ0) is 18.6. The van der Waals surface area contributed by atoms with E-state index in [2.05, 4.69) is 4.72 Å². The fourth-order valence-electron chi connectivity index (χ4n) is 2.05. The molecule has 0 amide bonds. The van der Waals surface area contributed by atoms with Crippen LogP contribution in [0.15, 0.2) is 26.1 Å². The number of esters is 2. The Labute approximate surface area is 148 Å². The molecule has 0 atom stereocenters. The summed E-state index contributed by atoms with van der Waals surface area (Å²) in [4.78, 5) is 24.4. The number of furan rings is 1. The molecule has 8 nitrogen and oxygen atoms in total. The molecule has 0 aliphatic carbocycles. The number of carbonyl (C=O) groups excluding carboxylic acids is 2. The van der Waals surface area contributed by atoms with Gasteiger partial charge in [-0.1, -0.05) is 6.07 Å². The van der Waals surface area contributed by atoms with Crippen molar-refractivity contribution in [3.63, 3.8) is 0 Å². The molecule has 2 aromatic heterocycles. The van der Waals surface area contributed by atoms with Crippen molar-refractivity contribution in [2.24, 2.45) is 0 Å². The van der Waals surface area contributed by atoms with Gasteiger partial charge in [-0.3, -0.25) is 0 Å². The average Bonchev–Trinajstić information content (AvgIpc) is 3.15. The maximum absolute atomic E-state index is 12.4. The van der Waals surface area contributed by atoms with Crippen LogP contribution in [0.25, 0.3) is 0 Å². The molecule has 2 rings (SSSR count). The summed E-state index contributed by atoms with van der Waals surface area (Å²) in [5.74, 6) is -2.02. The molecule has 1 N–H and O–H groups in total. The minimum atomic E-state index is -3.97. The molecule has 0 unspecified atom stereocenters. The maximum Gasteiger partial charge on any atom is 0.344 e. The number of hydrogen-bond acceptors (Lipinski definition) is 8. The van der Waals surface area contributed by atoms with E-state index in [1.54, 1.807) is 25.3 Å². The Hall–Kier alpha value is -2.33. The number of ether oxygens (including phenoxy) is 2. The number of carbonyl (C=O) groups is 2. The van der Waals surface area contributed by atoms with E-state index < -0.39 is 22.0 Å². The van der Waals surface area contributed by atoms with Gasteiger partial charge in [0.1, 0.15) is 21.1 Å². The van der Waals surface area contributed by atoms with E-state index in [0.717, 1.165) is 11.3 Å². The third-order valence-electron chi connectivity index (χ3n) is 3.03. The molecule has 0 aliphatic heterocycles. The van der Waals surface area contributed by atoms with Crippen molar-refractivity contribution >= 4 is 39.2 Å². The number of thiophene rings is 1. The molecule has 2 aromatic rings. The Morgan fingerprint density at radius 3 is 2.28 bits per heavy atom. The highest BCUT2D eigenvalue weighted by atomic mass is 32.2. The van der Waals surface area contributed by atoms with Crippen LogP contribution in [-0.4, -0.2) is 33.6 Å². The molecular formula is C15H17NO7S2. The second-order valence-corrected chi connectivity index (χ2v) is 7.57. The fourth-order valence-corrected chi connectivity index (χ4v) is 4.05. The number of nitrogens with one attached hydrogen (secondary N) is 1. The van der Waals surface area contributed by atoms with Crippen LogP contribution >= 0.6 is 11.3 Å². The van der Waals surface area contributed by atoms with Crippen molar-refractivity contribution in [3.05, 3.63) is 34.4 Å². The van der Waals surface area contributed by atoms with Crippen LogP contribution in [-0.2, 0) is 19.5 Å². The summed E-state index contributed by atoms with van der Waals surface area (Å²) in [6, 6.07) is 2.97. The van der Waals surface area contributed by atoms with Gasteiger partial charge in [-0.2, -0.15) is 0 Å². The van der Waals surface area contributed by atoms with Gasteiger partial charge >= 0.3 is 11.9 Å². The van der Waals surface area contributed by atoms with Crippen LogP contribution in [0.2, 0.25) is 0 Å². The Morgan fingerprint density at radius 2 is 1.76 bits per heavy atom. The monoisotopic (exact) mass is 387 g/mol. The van der Waals surface area contributed by atoms with Gasteiger partial charge < -0.3 is 13.9 Å². The molecule has 2 heterocycles. The molecule has 0 fully saturated rings. The fraction of sp³-hybridized carbons (Fsp3) is 0.333. The van der Waals surface area contributed by atoms with Gasteiger partial charge in [0.25, 0.3) is 10.0 Å². The van der Waals surface area contributed by atoms with E-state index in [4.69, 9.17) is 13.9 Å². The van der Waals surface area contributed by atoms with Gasteiger partial charge in [0.2, 0.25) is 5.88 Å². The number of sulfonamides is 1. The van der Waals surface area contributed by atoms with Crippen molar-refractivity contribution in [2.45, 2.75) is 25.0 Å². The zero-order valence-corrected chi connectivity index (χ0v) is 15.5. The molecule has 0 aliphatic rings. The summed E-state index contributed by atoms with van der Waals surface area (Å²) in [5.41, 5.74) is -0.470. The summed E-state index contributed by atoms with van der Waals surface area (Å²) in [5, 5.41) is 1.60. The van der Waals surface area contributed by atoms with Crippen LogP contribution in [0.1, 0.15) is 40.3 Å². The van der Waals surface area contributed by atoms with Crippen LogP contribution in [0.5, 0.6) is 0 Å². The number of hydrogen-bond donors (Lipinski definition) is 1. The van der Waals surface area contributed by atoms with E-state index in [-0.39, 0.29) is 40.2 Å². The minimum absolute atomic E-state index is 0.0362. The van der Waals surface area contributed by atoms with Gasteiger partial charge in [0, 0.05) is 0 Å². The summed E-state index contributed by atoms with van der Waals surface area (Å²) < 4.78 is 42.2. The predicted octanol–water partition coefficient (Wildman–Crippen LogP) is 2.80. The van der Waals surface area contributed by atoms with E-state index in [1.807, 2.05) is 0 Å². The molecular weight excluding hydrogens is 370 g/mol. The average molecular weight is 387 g/mol. The van der Waals surface area contributed by atoms with Crippen LogP contribution in [0.4, 0.5) is 5.88 Å². The second kappa shape index (κ2) is 7.70. The lowest BCUT2D eigenvalue weighted by Crippen LogP contribution is -2.17. The topological polar surface area (TPSA) is 112 Å². The summed E-state index contributed by atoms with van der Waals surface area (Å²) >= 11 is 0.999. The van der Waals surface area contributed by atoms with E-state index >= 15 is 0 Å². The summed E-state index contributed by atoms with van der Waals surface area (Å²) in [6.45, 7) is 4.75. The van der Waals surface area contributed by atoms with Crippen molar-refractivity contribution in [2.75, 3.05) is 17.9 Å². The van der Waals surface area contributed by atoms with Crippen molar-refractivity contribution in [1.29, 1.82) is 0 Å². The van der Waals surface area contributed by atoms with E-state index in [0.29, 0.717) is 0 Å². The van der Waals surface area contributed by atoms with Crippen LogP contribution in [0, 0.1) is 6.92 Å². The van der Waals surface area contributed by atoms with Gasteiger partial charge in [0.15, 0.2) is 0 Å². The third-order valence-corrected chi connectivity index (χ3v) is 5.76. The van der Waals surface area contributed by atoms with Crippen molar-refractivity contribution in [1.82, 2.24) is 0 Å². The van der Waals surface area contributed by atoms with E-state index in [1.165, 1.54) is 13.0 Å². The first-order valence-corrected chi connectivity index (χ1v) is 9.72. The van der Waals surface area contributed by atoms with Crippen LogP contribution < -0.4 is 4.72 Å². The molecule has 0 aromatic carbocycles. The molecule has 0 bridgehead atoms. The smallest absolute Gasteiger partial charge is 0.344 e. The highest BCUT2D eigenvalue weighted by Gasteiger charge is 2.32. The normalized spacial score (nSPS) is 11.2. The standard InChI is InChI=1S/C15H17NO7S2/c1-4-21-14(17)11-9(3)23-13(12(11)15(18)22-5-2)16-25(19,20)10-7-6-8-24-10/h6-8,16H,4-5H2,1-3H3. The lowest BCUT2D eigenvalue weighted by molar-refractivity contribution is 0.0480. The minimum Gasteiger partial charge on any atom is -0.462 e. The zero-order valence-electron chi connectivity index (χ0n) is 13.8. The second-order valence-electron chi connectivity index (χ2n) is 4.72. The number of anilines is 1. The van der Waals surface area contributed by atoms with Gasteiger partial charge in [0.05, 0.1) is 13.2 Å². The lowest BCUT2D eigenvalue weighted by atomic mass is 10.1. The highest BCUT2D eigenvalue weighted by molar-refractivity contribution is 7.94. The number of aryl methyl sites for hydroxylation is 1. The summed E-state index contributed by atoms with van der Waals surface area (Å²) in [6.07, 6.45) is 0. The molecule has 136 valence electrons. The predicted molar refractivity (Wildman–Crippen MR) is 90.5 cm³/mol. The molecule has 0 radical (unpaired) electrons. The Morgan fingerprint density at radius 1 is 1.16 bits per heavy atom. The molecule has 0 spiro atoms. The lowest BCUT2D eigenvalue weighted by Gasteiger charge is -2.07. The SMILES string of the molecule is CCOC(=O)c1c(C)oc(NS(=O)(=O)c2cccs2)c1C(=O)OCC. The van der Waals surface area contributed by atoms with Crippen molar-refractivity contribution < 1.29 is 31.9 Å². The molecule has 10 heteroatoms. The largest absolute Gasteiger partial charge is 0.462 e. The third kappa shape index (κ3) is 4.02. The first-order valence-electron chi connectivity index (χ1n) is 7.35. The Balaban J connectivity index is 2.52. The van der Waals surface area contributed by atoms with Gasteiger partial charge in [-0.25, -0.2) is 22.7 Å². The van der Waals surface area contributed by atoms with Crippen molar-refractivity contribution in [3.8, 4) is 0 Å². The molecule has 25 heavy (non-hydrogen) atoms. The quantitative estimate of drug-likeness (QED) is 0.727. The van der Waals surface area contributed by atoms with Gasteiger partial charge in [-0.05, 0) is 32.2 Å². The molecule has 0 saturated heterocycles. The van der Waals surface area contributed by atoms with Gasteiger partial charge in [-0.15, -0.1) is 11.3 Å². The Bertz CT molecular complexity index is 866. The highest BCUT2D eigenvalue weighted by Crippen LogP contribution is 2.31. The maximum atomic E-state index is 12.4. The first-order chi connectivity index (χ1) is 11.8. The van der Waals surface area contributed by atoms with E-state index in [9.17, 15) is 18.0 Å². The first kappa shape index (κ1) is 19.0. The van der Waals surface area contributed by atoms with Crippen LogP contribution in [0.3, 0.4) is 0 Å². The summed E-state index contributed by atoms with van der Waals surface area (Å²) in [7, 11) is -3.97. The number of rotatable bonds is 7.